The average molecular weight is 356 g/mol. The zero-order valence-corrected chi connectivity index (χ0v) is 14.8. The van der Waals surface area contributed by atoms with Crippen molar-refractivity contribution >= 4 is 5.91 Å². The number of rotatable bonds is 5. The van der Waals surface area contributed by atoms with Crippen molar-refractivity contribution in [3.63, 3.8) is 0 Å². The second kappa shape index (κ2) is 7.60. The van der Waals surface area contributed by atoms with Crippen LogP contribution in [-0.2, 0) is 16.1 Å². The predicted molar refractivity (Wildman–Crippen MR) is 94.5 cm³/mol. The van der Waals surface area contributed by atoms with E-state index in [-0.39, 0.29) is 17.4 Å². The number of aromatic nitrogens is 1. The van der Waals surface area contributed by atoms with Crippen molar-refractivity contribution in [2.45, 2.75) is 32.0 Å². The van der Waals surface area contributed by atoms with Crippen LogP contribution in [0.25, 0.3) is 0 Å². The quantitative estimate of drug-likeness (QED) is 0.824. The Hall–Kier alpha value is -2.18. The maximum Gasteiger partial charge on any atom is 0.257 e. The Balaban J connectivity index is 1.45. The van der Waals surface area contributed by atoms with Gasteiger partial charge in [-0.15, -0.1) is 0 Å². The van der Waals surface area contributed by atoms with E-state index in [9.17, 15) is 4.79 Å². The number of hydrogen-bond acceptors (Lipinski definition) is 5. The topological polar surface area (TPSA) is 64.8 Å². The van der Waals surface area contributed by atoms with Crippen LogP contribution in [0.5, 0.6) is 0 Å². The Bertz CT molecular complexity index is 719. The molecule has 26 heavy (non-hydrogen) atoms. The van der Waals surface area contributed by atoms with E-state index in [4.69, 9.17) is 13.9 Å². The van der Waals surface area contributed by atoms with E-state index in [0.717, 1.165) is 31.4 Å². The molecule has 2 aromatic rings. The van der Waals surface area contributed by atoms with Crippen LogP contribution in [0.2, 0.25) is 0 Å². The number of fused-ring (bicyclic) bond motifs is 1. The van der Waals surface area contributed by atoms with Crippen LogP contribution in [0.15, 0.2) is 47.5 Å². The lowest BCUT2D eigenvalue weighted by molar-refractivity contribution is -0.148. The minimum Gasteiger partial charge on any atom is -0.472 e. The Kier molecular flexibility index (Phi) is 5.04. The predicted octanol–water partition coefficient (Wildman–Crippen LogP) is 2.90. The Morgan fingerprint density at radius 3 is 3.04 bits per heavy atom. The molecule has 2 aliphatic heterocycles. The molecular formula is C20H24N2O4. The lowest BCUT2D eigenvalue weighted by Crippen LogP contribution is -2.58. The molecule has 1 amide bonds. The van der Waals surface area contributed by atoms with Gasteiger partial charge in [-0.05, 0) is 43.0 Å². The van der Waals surface area contributed by atoms with Crippen LogP contribution >= 0.6 is 0 Å². The zero-order valence-electron chi connectivity index (χ0n) is 14.8. The van der Waals surface area contributed by atoms with Crippen molar-refractivity contribution in [2.24, 2.45) is 5.41 Å². The highest BCUT2D eigenvalue weighted by molar-refractivity contribution is 5.93. The standard InChI is InChI=1S/C20H24N2O4/c23-19(17-5-11-24-13-17)22-9-4-18-20(14-22,6-1-10-26-18)15-25-12-16-2-7-21-8-3-16/h2-3,5,7-8,11,13,18H,1,4,6,9-10,12,14-15H2. The van der Waals surface area contributed by atoms with Crippen LogP contribution in [0, 0.1) is 5.41 Å². The molecule has 2 aromatic heterocycles. The molecule has 0 aromatic carbocycles. The SMILES string of the molecule is O=C(c1ccoc1)N1CCC2OCCCC2(COCc2ccncc2)C1. The molecule has 138 valence electrons. The average Bonchev–Trinajstić information content (AvgIpc) is 3.22. The van der Waals surface area contributed by atoms with Crippen molar-refractivity contribution in [1.29, 1.82) is 0 Å². The number of pyridine rings is 1. The minimum atomic E-state index is -0.136. The van der Waals surface area contributed by atoms with Gasteiger partial charge in [-0.1, -0.05) is 0 Å². The number of likely N-dealkylation sites (tertiary alicyclic amines) is 1. The Morgan fingerprint density at radius 2 is 2.23 bits per heavy atom. The smallest absolute Gasteiger partial charge is 0.257 e. The number of ether oxygens (including phenoxy) is 2. The van der Waals surface area contributed by atoms with Gasteiger partial charge in [0, 0.05) is 37.5 Å². The summed E-state index contributed by atoms with van der Waals surface area (Å²) in [5, 5.41) is 0. The van der Waals surface area contributed by atoms with Crippen LogP contribution in [0.1, 0.15) is 35.2 Å². The summed E-state index contributed by atoms with van der Waals surface area (Å²) < 4.78 is 17.2. The summed E-state index contributed by atoms with van der Waals surface area (Å²) in [6.45, 7) is 3.31. The van der Waals surface area contributed by atoms with Gasteiger partial charge in [-0.3, -0.25) is 9.78 Å². The number of nitrogens with zero attached hydrogens (tertiary/aromatic N) is 2. The molecule has 0 spiro atoms. The molecule has 2 unspecified atom stereocenters. The first-order chi connectivity index (χ1) is 12.8. The van der Waals surface area contributed by atoms with Gasteiger partial charge in [-0.2, -0.15) is 0 Å². The molecule has 2 saturated heterocycles. The van der Waals surface area contributed by atoms with E-state index in [1.807, 2.05) is 17.0 Å². The summed E-state index contributed by atoms with van der Waals surface area (Å²) in [6.07, 6.45) is 9.62. The first-order valence-corrected chi connectivity index (χ1v) is 9.17. The maximum absolute atomic E-state index is 12.8. The highest BCUT2D eigenvalue weighted by Crippen LogP contribution is 2.41. The summed E-state index contributed by atoms with van der Waals surface area (Å²) in [6, 6.07) is 5.64. The van der Waals surface area contributed by atoms with E-state index < -0.39 is 0 Å². The molecule has 2 atom stereocenters. The highest BCUT2D eigenvalue weighted by Gasteiger charge is 2.47. The second-order valence-electron chi connectivity index (χ2n) is 7.20. The van der Waals surface area contributed by atoms with E-state index >= 15 is 0 Å². The zero-order chi connectivity index (χ0) is 17.8. The largest absolute Gasteiger partial charge is 0.472 e. The fourth-order valence-corrected chi connectivity index (χ4v) is 4.09. The van der Waals surface area contributed by atoms with Crippen molar-refractivity contribution in [3.05, 3.63) is 54.2 Å². The van der Waals surface area contributed by atoms with Crippen molar-refractivity contribution in [2.75, 3.05) is 26.3 Å². The molecule has 2 aliphatic rings. The normalized spacial score (nSPS) is 25.7. The van der Waals surface area contributed by atoms with E-state index in [2.05, 4.69) is 4.98 Å². The third-order valence-corrected chi connectivity index (χ3v) is 5.45. The molecule has 6 nitrogen and oxygen atoms in total. The number of furan rings is 1. The lowest BCUT2D eigenvalue weighted by Gasteiger charge is -2.50. The van der Waals surface area contributed by atoms with Crippen molar-refractivity contribution < 1.29 is 18.7 Å². The number of amides is 1. The summed E-state index contributed by atoms with van der Waals surface area (Å²) in [5.74, 6) is 0.0243. The molecule has 0 aliphatic carbocycles. The van der Waals surface area contributed by atoms with Crippen LogP contribution in [0.4, 0.5) is 0 Å². The monoisotopic (exact) mass is 356 g/mol. The van der Waals surface area contributed by atoms with Gasteiger partial charge in [0.15, 0.2) is 0 Å². The lowest BCUT2D eigenvalue weighted by atomic mass is 9.73. The van der Waals surface area contributed by atoms with Gasteiger partial charge in [0.25, 0.3) is 5.91 Å². The molecule has 0 saturated carbocycles. The molecule has 6 heteroatoms. The second-order valence-corrected chi connectivity index (χ2v) is 7.20. The number of carbonyl (C=O) groups is 1. The fourth-order valence-electron chi connectivity index (χ4n) is 4.09. The summed E-state index contributed by atoms with van der Waals surface area (Å²) in [5.41, 5.74) is 1.57. The number of piperidine rings is 1. The van der Waals surface area contributed by atoms with Gasteiger partial charge in [0.05, 0.1) is 31.1 Å². The van der Waals surface area contributed by atoms with E-state index in [1.54, 1.807) is 18.5 Å². The number of hydrogen-bond donors (Lipinski definition) is 0. The van der Waals surface area contributed by atoms with E-state index in [0.29, 0.717) is 31.9 Å². The van der Waals surface area contributed by atoms with Gasteiger partial charge >= 0.3 is 0 Å². The Morgan fingerprint density at radius 1 is 1.35 bits per heavy atom. The molecular weight excluding hydrogens is 332 g/mol. The summed E-state index contributed by atoms with van der Waals surface area (Å²) >= 11 is 0. The number of carbonyl (C=O) groups excluding carboxylic acids is 1. The highest BCUT2D eigenvalue weighted by atomic mass is 16.5. The van der Waals surface area contributed by atoms with Gasteiger partial charge in [0.2, 0.25) is 0 Å². The molecule has 2 fully saturated rings. The molecule has 4 rings (SSSR count). The first-order valence-electron chi connectivity index (χ1n) is 9.17. The summed E-state index contributed by atoms with van der Waals surface area (Å²) in [7, 11) is 0. The molecule has 0 bridgehead atoms. The van der Waals surface area contributed by atoms with Crippen molar-refractivity contribution in [3.8, 4) is 0 Å². The maximum atomic E-state index is 12.8. The summed E-state index contributed by atoms with van der Waals surface area (Å²) in [4.78, 5) is 18.7. The van der Waals surface area contributed by atoms with Crippen LogP contribution in [-0.4, -0.2) is 48.2 Å². The molecule has 0 N–H and O–H groups in total. The molecule has 4 heterocycles. The Labute approximate surface area is 153 Å². The third-order valence-electron chi connectivity index (χ3n) is 5.45. The fraction of sp³-hybridized carbons (Fsp3) is 0.500. The van der Waals surface area contributed by atoms with Crippen LogP contribution < -0.4 is 0 Å². The van der Waals surface area contributed by atoms with Crippen LogP contribution in [0.3, 0.4) is 0 Å². The third kappa shape index (κ3) is 3.52. The first kappa shape index (κ1) is 17.2. The van der Waals surface area contributed by atoms with Gasteiger partial charge in [-0.25, -0.2) is 0 Å². The minimum absolute atomic E-state index is 0.0243. The van der Waals surface area contributed by atoms with Gasteiger partial charge < -0.3 is 18.8 Å². The molecule has 0 radical (unpaired) electrons. The van der Waals surface area contributed by atoms with Gasteiger partial charge in [0.1, 0.15) is 6.26 Å². The van der Waals surface area contributed by atoms with E-state index in [1.165, 1.54) is 12.5 Å². The van der Waals surface area contributed by atoms with Crippen molar-refractivity contribution in [1.82, 2.24) is 9.88 Å².